The van der Waals surface area contributed by atoms with Gasteiger partial charge in [-0.3, -0.25) is 9.59 Å². The van der Waals surface area contributed by atoms with Crippen molar-refractivity contribution >= 4 is 17.6 Å². The van der Waals surface area contributed by atoms with E-state index in [4.69, 9.17) is 4.74 Å². The average Bonchev–Trinajstić information content (AvgIpc) is 3.22. The van der Waals surface area contributed by atoms with Gasteiger partial charge in [0.15, 0.2) is 0 Å². The van der Waals surface area contributed by atoms with Gasteiger partial charge in [-0.2, -0.15) is 0 Å². The van der Waals surface area contributed by atoms with Crippen molar-refractivity contribution in [3.05, 3.63) is 65.2 Å². The number of anilines is 1. The fourth-order valence-corrected chi connectivity index (χ4v) is 4.80. The monoisotopic (exact) mass is 419 g/mol. The molecule has 2 fully saturated rings. The molecule has 0 radical (unpaired) electrons. The molecule has 2 saturated carbocycles. The highest BCUT2D eigenvalue weighted by molar-refractivity contribution is 5.96. The Morgan fingerprint density at radius 3 is 2.42 bits per heavy atom. The molecule has 4 nitrogen and oxygen atoms in total. The van der Waals surface area contributed by atoms with Gasteiger partial charge >= 0.3 is 5.97 Å². The molecule has 1 amide bonds. The van der Waals surface area contributed by atoms with Crippen LogP contribution in [-0.2, 0) is 27.4 Å². The maximum absolute atomic E-state index is 13.4. The number of carbonyl (C=O) groups is 2. The molecule has 31 heavy (non-hydrogen) atoms. The Morgan fingerprint density at radius 2 is 1.77 bits per heavy atom. The molecular formula is C27H33NO3. The van der Waals surface area contributed by atoms with E-state index in [9.17, 15) is 9.59 Å². The number of rotatable bonds is 8. The van der Waals surface area contributed by atoms with Crippen LogP contribution in [0.3, 0.4) is 0 Å². The maximum Gasteiger partial charge on any atom is 0.302 e. The van der Waals surface area contributed by atoms with Crippen LogP contribution < -0.4 is 5.32 Å². The predicted octanol–water partition coefficient (Wildman–Crippen LogP) is 6.00. The van der Waals surface area contributed by atoms with E-state index in [0.717, 1.165) is 36.1 Å². The minimum Gasteiger partial charge on any atom is -0.461 e. The number of benzene rings is 2. The number of ether oxygens (including phenoxy) is 1. The number of carbonyl (C=O) groups excluding carboxylic acids is 2. The van der Waals surface area contributed by atoms with Crippen LogP contribution in [0.2, 0.25) is 0 Å². The van der Waals surface area contributed by atoms with E-state index in [1.807, 2.05) is 36.4 Å². The number of nitrogens with one attached hydrogen (secondary N) is 1. The first-order valence-corrected chi connectivity index (χ1v) is 11.5. The Balaban J connectivity index is 1.49. The molecule has 1 N–H and O–H groups in total. The normalized spacial score (nSPS) is 18.4. The van der Waals surface area contributed by atoms with Crippen LogP contribution in [0.15, 0.2) is 48.5 Å². The van der Waals surface area contributed by atoms with E-state index in [1.54, 1.807) is 0 Å². The van der Waals surface area contributed by atoms with Crippen molar-refractivity contribution in [2.45, 2.75) is 71.3 Å². The molecule has 4 heteroatoms. The Kier molecular flexibility index (Phi) is 6.45. The minimum absolute atomic E-state index is 0.0782. The van der Waals surface area contributed by atoms with Gasteiger partial charge in [0.1, 0.15) is 6.61 Å². The summed E-state index contributed by atoms with van der Waals surface area (Å²) in [6, 6.07) is 16.3. The van der Waals surface area contributed by atoms with E-state index in [2.05, 4.69) is 24.4 Å². The lowest BCUT2D eigenvalue weighted by Crippen LogP contribution is -2.26. The number of hydrogen-bond acceptors (Lipinski definition) is 3. The second-order valence-corrected chi connectivity index (χ2v) is 9.72. The van der Waals surface area contributed by atoms with Crippen LogP contribution in [0.4, 0.5) is 5.69 Å². The summed E-state index contributed by atoms with van der Waals surface area (Å²) >= 11 is 0. The molecule has 1 unspecified atom stereocenters. The smallest absolute Gasteiger partial charge is 0.302 e. The molecule has 0 aromatic heterocycles. The van der Waals surface area contributed by atoms with Gasteiger partial charge in [-0.25, -0.2) is 0 Å². The molecule has 4 rings (SSSR count). The molecule has 164 valence electrons. The third-order valence-corrected chi connectivity index (χ3v) is 6.86. The van der Waals surface area contributed by atoms with Crippen molar-refractivity contribution in [3.63, 3.8) is 0 Å². The summed E-state index contributed by atoms with van der Waals surface area (Å²) in [6.45, 7) is 4.01. The van der Waals surface area contributed by atoms with Gasteiger partial charge in [0.05, 0.1) is 5.92 Å². The lowest BCUT2D eigenvalue weighted by atomic mass is 9.83. The maximum atomic E-state index is 13.4. The third kappa shape index (κ3) is 5.75. The zero-order chi connectivity index (χ0) is 21.8. The van der Waals surface area contributed by atoms with Crippen LogP contribution in [0.5, 0.6) is 0 Å². The summed E-state index contributed by atoms with van der Waals surface area (Å²) in [6.07, 6.45) is 8.21. The molecule has 0 bridgehead atoms. The largest absolute Gasteiger partial charge is 0.461 e. The Morgan fingerprint density at radius 1 is 1.06 bits per heavy atom. The van der Waals surface area contributed by atoms with Crippen molar-refractivity contribution in [3.8, 4) is 0 Å². The second kappa shape index (κ2) is 9.25. The zero-order valence-corrected chi connectivity index (χ0v) is 18.7. The molecule has 0 spiro atoms. The highest BCUT2D eigenvalue weighted by Crippen LogP contribution is 2.47. The van der Waals surface area contributed by atoms with Crippen LogP contribution >= 0.6 is 0 Å². The van der Waals surface area contributed by atoms with Crippen molar-refractivity contribution in [1.82, 2.24) is 0 Å². The first-order chi connectivity index (χ1) is 14.9. The Bertz CT molecular complexity index is 924. The molecule has 0 aliphatic heterocycles. The minimum atomic E-state index is -0.287. The average molecular weight is 420 g/mol. The second-order valence-electron chi connectivity index (χ2n) is 9.72. The van der Waals surface area contributed by atoms with Crippen LogP contribution in [-0.4, -0.2) is 11.9 Å². The van der Waals surface area contributed by atoms with Gasteiger partial charge in [0, 0.05) is 12.6 Å². The summed E-state index contributed by atoms with van der Waals surface area (Å²) in [5, 5.41) is 3.21. The quantitative estimate of drug-likeness (QED) is 0.534. The first kappa shape index (κ1) is 21.6. The van der Waals surface area contributed by atoms with Gasteiger partial charge in [0.2, 0.25) is 5.91 Å². The Hall–Kier alpha value is -2.62. The summed E-state index contributed by atoms with van der Waals surface area (Å²) in [5.74, 6) is 0.00220. The predicted molar refractivity (Wildman–Crippen MR) is 123 cm³/mol. The van der Waals surface area contributed by atoms with Gasteiger partial charge in [-0.15, -0.1) is 0 Å². The number of esters is 1. The molecule has 0 saturated heterocycles. The lowest BCUT2D eigenvalue weighted by Gasteiger charge is -2.24. The summed E-state index contributed by atoms with van der Waals surface area (Å²) in [4.78, 5) is 24.5. The van der Waals surface area contributed by atoms with Crippen molar-refractivity contribution in [1.29, 1.82) is 0 Å². The highest BCUT2D eigenvalue weighted by atomic mass is 16.5. The third-order valence-electron chi connectivity index (χ3n) is 6.86. The topological polar surface area (TPSA) is 55.4 Å². The van der Waals surface area contributed by atoms with E-state index < -0.39 is 0 Å². The number of hydrogen-bond donors (Lipinski definition) is 1. The molecular weight excluding hydrogens is 386 g/mol. The SMILES string of the molecule is CC(=O)OCc1ccc(C(C(=O)Nc2cccc(CC3(C)CC3)c2)C2CCCC2)cc1. The molecule has 2 aromatic carbocycles. The van der Waals surface area contributed by atoms with Crippen LogP contribution in [0, 0.1) is 11.3 Å². The summed E-state index contributed by atoms with van der Waals surface area (Å²) in [7, 11) is 0. The van der Waals surface area contributed by atoms with Crippen LogP contribution in [0.25, 0.3) is 0 Å². The van der Waals surface area contributed by atoms with Crippen molar-refractivity contribution < 1.29 is 14.3 Å². The van der Waals surface area contributed by atoms with Gasteiger partial charge < -0.3 is 10.1 Å². The fourth-order valence-electron chi connectivity index (χ4n) is 4.80. The zero-order valence-electron chi connectivity index (χ0n) is 18.7. The van der Waals surface area contributed by atoms with E-state index in [-0.39, 0.29) is 24.4 Å². The van der Waals surface area contributed by atoms with Gasteiger partial charge in [0.25, 0.3) is 0 Å². The molecule has 2 aliphatic rings. The molecule has 2 aliphatic carbocycles. The molecule has 1 atom stereocenters. The highest BCUT2D eigenvalue weighted by Gasteiger charge is 2.37. The van der Waals surface area contributed by atoms with Crippen molar-refractivity contribution in [2.24, 2.45) is 11.3 Å². The van der Waals surface area contributed by atoms with Gasteiger partial charge in [-0.1, -0.05) is 56.2 Å². The first-order valence-electron chi connectivity index (χ1n) is 11.5. The van der Waals surface area contributed by atoms with E-state index in [0.29, 0.717) is 11.3 Å². The fraction of sp³-hybridized carbons (Fsp3) is 0.481. The lowest BCUT2D eigenvalue weighted by molar-refractivity contribution is -0.142. The van der Waals surface area contributed by atoms with Crippen molar-refractivity contribution in [2.75, 3.05) is 5.32 Å². The molecule has 2 aromatic rings. The molecule has 0 heterocycles. The van der Waals surface area contributed by atoms with Gasteiger partial charge in [-0.05, 0) is 72.3 Å². The van der Waals surface area contributed by atoms with E-state index in [1.165, 1.54) is 38.2 Å². The van der Waals surface area contributed by atoms with E-state index >= 15 is 0 Å². The summed E-state index contributed by atoms with van der Waals surface area (Å²) < 4.78 is 5.09. The summed E-state index contributed by atoms with van der Waals surface area (Å²) in [5.41, 5.74) is 4.61. The Labute approximate surface area is 185 Å². The van der Waals surface area contributed by atoms with Crippen LogP contribution in [0.1, 0.15) is 75.0 Å². The standard InChI is InChI=1S/C27H33NO3/c1-19(29)31-18-20-10-12-23(13-11-20)25(22-7-3-4-8-22)26(30)28-24-9-5-6-21(16-24)17-27(2)14-15-27/h5-6,9-13,16,22,25H,3-4,7-8,14-15,17-18H2,1-2H3,(H,28,30). The number of amides is 1.